The van der Waals surface area contributed by atoms with E-state index in [1.807, 2.05) is 17.9 Å². The minimum absolute atomic E-state index is 0.115. The second kappa shape index (κ2) is 8.16. The van der Waals surface area contributed by atoms with E-state index in [1.165, 1.54) is 12.1 Å². The lowest BCUT2D eigenvalue weighted by atomic mass is 9.98. The van der Waals surface area contributed by atoms with Crippen LogP contribution >= 0.6 is 11.6 Å². The van der Waals surface area contributed by atoms with Gasteiger partial charge in [-0.1, -0.05) is 29.8 Å². The number of amides is 2. The monoisotopic (exact) mass is 428 g/mol. The third kappa shape index (κ3) is 4.22. The van der Waals surface area contributed by atoms with Crippen LogP contribution in [0.3, 0.4) is 0 Å². The molecule has 1 saturated heterocycles. The lowest BCUT2D eigenvalue weighted by molar-refractivity contribution is -0.119. The first-order valence-corrected chi connectivity index (χ1v) is 10.2. The molecule has 0 unspecified atom stereocenters. The van der Waals surface area contributed by atoms with Gasteiger partial charge in [0.15, 0.2) is 0 Å². The fourth-order valence-electron chi connectivity index (χ4n) is 3.85. The van der Waals surface area contributed by atoms with E-state index in [0.717, 1.165) is 5.56 Å². The minimum Gasteiger partial charge on any atom is -0.326 e. The van der Waals surface area contributed by atoms with Crippen molar-refractivity contribution >= 4 is 34.8 Å². The van der Waals surface area contributed by atoms with Crippen LogP contribution in [0.2, 0.25) is 5.02 Å². The molecule has 0 atom stereocenters. The maximum absolute atomic E-state index is 13.5. The number of carbonyl (C=O) groups excluding carboxylic acids is 2. The van der Waals surface area contributed by atoms with Gasteiger partial charge in [-0.05, 0) is 36.8 Å². The Kier molecular flexibility index (Phi) is 5.58. The topological polar surface area (TPSA) is 73.8 Å². The van der Waals surface area contributed by atoms with E-state index < -0.39 is 11.5 Å². The minimum atomic E-state index is -0.685. The zero-order valence-corrected chi connectivity index (χ0v) is 17.3. The van der Waals surface area contributed by atoms with Crippen LogP contribution in [0.5, 0.6) is 0 Å². The second-order valence-corrected chi connectivity index (χ2v) is 8.10. The molecule has 0 aromatic heterocycles. The Morgan fingerprint density at radius 3 is 2.73 bits per heavy atom. The van der Waals surface area contributed by atoms with Crippen molar-refractivity contribution in [3.05, 3.63) is 64.4 Å². The number of nitrogens with zero attached hydrogens (tertiary/aromatic N) is 2. The Balaban J connectivity index is 1.37. The number of anilines is 1. The highest BCUT2D eigenvalue weighted by Crippen LogP contribution is 2.29. The molecule has 1 fully saturated rings. The number of benzene rings is 2. The molecule has 2 aliphatic rings. The fourth-order valence-corrected chi connectivity index (χ4v) is 4.02. The van der Waals surface area contributed by atoms with E-state index in [-0.39, 0.29) is 24.1 Å². The average molecular weight is 429 g/mol. The Morgan fingerprint density at radius 2 is 2.00 bits per heavy atom. The number of nitrogens with one attached hydrogen (secondary N) is 2. The van der Waals surface area contributed by atoms with Crippen LogP contribution in [0.25, 0.3) is 0 Å². The summed E-state index contributed by atoms with van der Waals surface area (Å²) in [7, 11) is 0. The maximum Gasteiger partial charge on any atom is 0.272 e. The maximum atomic E-state index is 13.5. The summed E-state index contributed by atoms with van der Waals surface area (Å²) in [6.45, 7) is 3.33. The zero-order valence-electron chi connectivity index (χ0n) is 16.5. The van der Waals surface area contributed by atoms with Crippen molar-refractivity contribution < 1.29 is 14.0 Å². The lowest BCUT2D eigenvalue weighted by Crippen LogP contribution is -2.52. The Bertz CT molecular complexity index is 1030. The molecular weight excluding hydrogens is 407 g/mol. The predicted octanol–water partition coefficient (Wildman–Crippen LogP) is 3.14. The standard InChI is InChI=1S/C22H22ClFN4O2/c1-14-17(23)6-3-7-18(14)25-19(29)13-28-10-8-22(9-11-28)26-20(21(30)27-22)15-4-2-5-16(24)12-15/h2-7,12H,8-11,13H2,1H3,(H,25,29)(H,27,30). The summed E-state index contributed by atoms with van der Waals surface area (Å²) in [4.78, 5) is 31.5. The average Bonchev–Trinajstić information content (AvgIpc) is 3.03. The molecule has 2 aromatic rings. The van der Waals surface area contributed by atoms with E-state index in [9.17, 15) is 14.0 Å². The summed E-state index contributed by atoms with van der Waals surface area (Å²) in [5.41, 5.74) is 1.58. The number of carbonyl (C=O) groups is 2. The van der Waals surface area contributed by atoms with Crippen LogP contribution in [-0.4, -0.2) is 47.7 Å². The molecule has 2 heterocycles. The van der Waals surface area contributed by atoms with Crippen LogP contribution < -0.4 is 10.6 Å². The molecular formula is C22H22ClFN4O2. The molecule has 1 spiro atoms. The van der Waals surface area contributed by atoms with Gasteiger partial charge in [-0.25, -0.2) is 4.39 Å². The van der Waals surface area contributed by atoms with Crippen molar-refractivity contribution in [3.63, 3.8) is 0 Å². The summed E-state index contributed by atoms with van der Waals surface area (Å²) >= 11 is 6.11. The van der Waals surface area contributed by atoms with Crippen molar-refractivity contribution in [1.29, 1.82) is 0 Å². The third-order valence-electron chi connectivity index (χ3n) is 5.58. The number of aliphatic imine (C=N–C) groups is 1. The number of piperidine rings is 1. The van der Waals surface area contributed by atoms with E-state index >= 15 is 0 Å². The number of likely N-dealkylation sites (tertiary alicyclic amines) is 1. The summed E-state index contributed by atoms with van der Waals surface area (Å²) in [6.07, 6.45) is 1.17. The smallest absolute Gasteiger partial charge is 0.272 e. The predicted molar refractivity (Wildman–Crippen MR) is 114 cm³/mol. The first-order chi connectivity index (χ1) is 14.3. The first-order valence-electron chi connectivity index (χ1n) is 9.81. The molecule has 30 heavy (non-hydrogen) atoms. The van der Waals surface area contributed by atoms with Gasteiger partial charge in [-0.15, -0.1) is 0 Å². The molecule has 6 nitrogen and oxygen atoms in total. The number of rotatable bonds is 4. The van der Waals surface area contributed by atoms with Gasteiger partial charge in [0.25, 0.3) is 5.91 Å². The molecule has 0 saturated carbocycles. The third-order valence-corrected chi connectivity index (χ3v) is 5.99. The van der Waals surface area contributed by atoms with Gasteiger partial charge in [0, 0.05) is 42.2 Å². The van der Waals surface area contributed by atoms with Gasteiger partial charge in [0.1, 0.15) is 17.2 Å². The van der Waals surface area contributed by atoms with Gasteiger partial charge in [-0.2, -0.15) is 0 Å². The van der Waals surface area contributed by atoms with Gasteiger partial charge in [-0.3, -0.25) is 19.5 Å². The van der Waals surface area contributed by atoms with Crippen LogP contribution in [-0.2, 0) is 9.59 Å². The quantitative estimate of drug-likeness (QED) is 0.785. The first kappa shape index (κ1) is 20.5. The van der Waals surface area contributed by atoms with Crippen molar-refractivity contribution in [2.75, 3.05) is 25.0 Å². The molecule has 156 valence electrons. The second-order valence-electron chi connectivity index (χ2n) is 7.69. The molecule has 2 aliphatic heterocycles. The van der Waals surface area contributed by atoms with Crippen molar-refractivity contribution in [1.82, 2.24) is 10.2 Å². The molecule has 2 aromatic carbocycles. The van der Waals surface area contributed by atoms with E-state index in [1.54, 1.807) is 24.3 Å². The highest BCUT2D eigenvalue weighted by Gasteiger charge is 2.42. The molecule has 2 N–H and O–H groups in total. The van der Waals surface area contributed by atoms with Crippen LogP contribution in [0, 0.1) is 12.7 Å². The highest BCUT2D eigenvalue weighted by atomic mass is 35.5. The molecule has 2 amide bonds. The molecule has 8 heteroatoms. The molecule has 0 radical (unpaired) electrons. The van der Waals surface area contributed by atoms with Crippen molar-refractivity contribution in [3.8, 4) is 0 Å². The van der Waals surface area contributed by atoms with Crippen LogP contribution in [0.1, 0.15) is 24.0 Å². The van der Waals surface area contributed by atoms with Crippen molar-refractivity contribution in [2.45, 2.75) is 25.4 Å². The molecule has 0 aliphatic carbocycles. The SMILES string of the molecule is Cc1c(Cl)cccc1NC(=O)CN1CCC2(CC1)N=C(c1cccc(F)c1)C(=O)N2. The molecule has 0 bridgehead atoms. The van der Waals surface area contributed by atoms with Crippen molar-refractivity contribution in [2.24, 2.45) is 4.99 Å². The van der Waals surface area contributed by atoms with E-state index in [2.05, 4.69) is 15.6 Å². The van der Waals surface area contributed by atoms with Gasteiger partial charge >= 0.3 is 0 Å². The fraction of sp³-hybridized carbons (Fsp3) is 0.318. The Hall–Kier alpha value is -2.77. The summed E-state index contributed by atoms with van der Waals surface area (Å²) < 4.78 is 13.5. The van der Waals surface area contributed by atoms with Gasteiger partial charge in [0.05, 0.1) is 6.54 Å². The summed E-state index contributed by atoms with van der Waals surface area (Å²) in [6, 6.07) is 11.3. The lowest BCUT2D eigenvalue weighted by Gasteiger charge is -2.36. The van der Waals surface area contributed by atoms with Crippen LogP contribution in [0.4, 0.5) is 10.1 Å². The zero-order chi connectivity index (χ0) is 21.3. The molecule has 4 rings (SSSR count). The summed E-state index contributed by atoms with van der Waals surface area (Å²) in [5.74, 6) is -0.807. The van der Waals surface area contributed by atoms with E-state index in [4.69, 9.17) is 11.6 Å². The Labute approximate surface area is 179 Å². The number of hydrogen-bond acceptors (Lipinski definition) is 4. The van der Waals surface area contributed by atoms with Gasteiger partial charge < -0.3 is 10.6 Å². The van der Waals surface area contributed by atoms with E-state index in [0.29, 0.717) is 42.2 Å². The number of halogens is 2. The number of hydrogen-bond donors (Lipinski definition) is 2. The Morgan fingerprint density at radius 1 is 1.27 bits per heavy atom. The largest absolute Gasteiger partial charge is 0.326 e. The summed E-state index contributed by atoms with van der Waals surface area (Å²) in [5, 5.41) is 6.47. The highest BCUT2D eigenvalue weighted by molar-refractivity contribution is 6.46. The van der Waals surface area contributed by atoms with Crippen LogP contribution in [0.15, 0.2) is 47.5 Å². The van der Waals surface area contributed by atoms with Gasteiger partial charge in [0.2, 0.25) is 5.91 Å². The normalized spacial score (nSPS) is 18.2.